The highest BCUT2D eigenvalue weighted by atomic mass is 16.5. The molecule has 2 aliphatic heterocycles. The quantitative estimate of drug-likeness (QED) is 0.610. The lowest BCUT2D eigenvalue weighted by molar-refractivity contribution is -0.139. The Kier molecular flexibility index (Phi) is 2.51. The van der Waals surface area contributed by atoms with Crippen LogP contribution >= 0.6 is 0 Å². The highest BCUT2D eigenvalue weighted by Crippen LogP contribution is 2.17. The number of hydrogen-bond acceptors (Lipinski definition) is 3. The van der Waals surface area contributed by atoms with Gasteiger partial charge in [0.15, 0.2) is 0 Å². The van der Waals surface area contributed by atoms with Gasteiger partial charge in [0.05, 0.1) is 0 Å². The fourth-order valence-corrected chi connectivity index (χ4v) is 1.96. The third kappa shape index (κ3) is 1.84. The van der Waals surface area contributed by atoms with E-state index < -0.39 is 0 Å². The Morgan fingerprint density at radius 3 is 2.85 bits per heavy atom. The molecule has 0 radical (unpaired) electrons. The molecule has 1 amide bonds. The second kappa shape index (κ2) is 3.64. The molecule has 2 N–H and O–H groups in total. The molecule has 4 heteroatoms. The van der Waals surface area contributed by atoms with Gasteiger partial charge in [-0.1, -0.05) is 0 Å². The molecule has 13 heavy (non-hydrogen) atoms. The van der Waals surface area contributed by atoms with Crippen LogP contribution in [0.15, 0.2) is 0 Å². The number of carbonyl (C=O) groups is 1. The van der Waals surface area contributed by atoms with Crippen LogP contribution in [-0.4, -0.2) is 42.6 Å². The molecule has 2 saturated heterocycles. The van der Waals surface area contributed by atoms with Crippen molar-refractivity contribution in [2.45, 2.75) is 31.4 Å². The normalized spacial score (nSPS) is 34.1. The highest BCUT2D eigenvalue weighted by molar-refractivity contribution is 5.81. The van der Waals surface area contributed by atoms with Gasteiger partial charge < -0.3 is 15.4 Å². The molecule has 0 spiro atoms. The van der Waals surface area contributed by atoms with Gasteiger partial charge in [0.2, 0.25) is 0 Å². The average Bonchev–Trinajstić information content (AvgIpc) is 2.72. The predicted molar refractivity (Wildman–Crippen MR) is 48.1 cm³/mol. The van der Waals surface area contributed by atoms with Crippen LogP contribution in [0.4, 0.5) is 0 Å². The van der Waals surface area contributed by atoms with Crippen LogP contribution in [0.25, 0.3) is 0 Å². The van der Waals surface area contributed by atoms with E-state index in [0.29, 0.717) is 6.54 Å². The summed E-state index contributed by atoms with van der Waals surface area (Å²) in [5.74, 6) is 0.144. The van der Waals surface area contributed by atoms with Crippen LogP contribution < -0.4 is 5.73 Å². The monoisotopic (exact) mass is 184 g/mol. The Hall–Kier alpha value is -0.610. The second-order valence-corrected chi connectivity index (χ2v) is 3.83. The van der Waals surface area contributed by atoms with Gasteiger partial charge in [-0.25, -0.2) is 0 Å². The molecule has 0 aromatic rings. The molecule has 2 atom stereocenters. The number of hydrogen-bond donors (Lipinski definition) is 1. The first-order valence-electron chi connectivity index (χ1n) is 4.93. The van der Waals surface area contributed by atoms with Crippen LogP contribution in [0.2, 0.25) is 0 Å². The number of nitrogens with zero attached hydrogens (tertiary/aromatic N) is 1. The van der Waals surface area contributed by atoms with Crippen LogP contribution in [0.1, 0.15) is 19.3 Å². The molecule has 0 aromatic heterocycles. The molecule has 0 aromatic carbocycles. The first kappa shape index (κ1) is 8.97. The van der Waals surface area contributed by atoms with E-state index in [-0.39, 0.29) is 18.1 Å². The van der Waals surface area contributed by atoms with E-state index in [1.54, 1.807) is 0 Å². The molecular formula is C9H16N2O2. The zero-order valence-corrected chi connectivity index (χ0v) is 7.74. The van der Waals surface area contributed by atoms with E-state index in [2.05, 4.69) is 0 Å². The Labute approximate surface area is 78.0 Å². The minimum absolute atomic E-state index is 0.144. The van der Waals surface area contributed by atoms with Crippen molar-refractivity contribution in [1.29, 1.82) is 0 Å². The SMILES string of the molecule is NC1CCN(C(=O)[C@H]2CCCO2)C1. The lowest BCUT2D eigenvalue weighted by Crippen LogP contribution is -2.38. The fraction of sp³-hybridized carbons (Fsp3) is 0.889. The van der Waals surface area contributed by atoms with Crippen molar-refractivity contribution in [1.82, 2.24) is 4.90 Å². The first-order valence-corrected chi connectivity index (χ1v) is 4.93. The molecule has 0 bridgehead atoms. The third-order valence-corrected chi connectivity index (χ3v) is 2.74. The Morgan fingerprint density at radius 1 is 1.46 bits per heavy atom. The van der Waals surface area contributed by atoms with E-state index in [1.807, 2.05) is 4.90 Å². The summed E-state index contributed by atoms with van der Waals surface area (Å²) >= 11 is 0. The van der Waals surface area contributed by atoms with Crippen molar-refractivity contribution in [3.05, 3.63) is 0 Å². The van der Waals surface area contributed by atoms with Gasteiger partial charge in [-0.3, -0.25) is 4.79 Å². The van der Waals surface area contributed by atoms with E-state index in [9.17, 15) is 4.79 Å². The topological polar surface area (TPSA) is 55.6 Å². The van der Waals surface area contributed by atoms with Crippen molar-refractivity contribution in [2.24, 2.45) is 5.73 Å². The van der Waals surface area contributed by atoms with Crippen molar-refractivity contribution in [3.8, 4) is 0 Å². The molecule has 1 unspecified atom stereocenters. The van der Waals surface area contributed by atoms with Crippen LogP contribution in [0.5, 0.6) is 0 Å². The molecule has 0 saturated carbocycles. The van der Waals surface area contributed by atoms with E-state index >= 15 is 0 Å². The van der Waals surface area contributed by atoms with Gasteiger partial charge >= 0.3 is 0 Å². The number of nitrogens with two attached hydrogens (primary N) is 1. The maximum atomic E-state index is 11.7. The minimum Gasteiger partial charge on any atom is -0.368 e. The molecule has 2 heterocycles. The van der Waals surface area contributed by atoms with Gasteiger partial charge in [0, 0.05) is 25.7 Å². The van der Waals surface area contributed by atoms with Gasteiger partial charge in [0.25, 0.3) is 5.91 Å². The zero-order valence-electron chi connectivity index (χ0n) is 7.74. The summed E-state index contributed by atoms with van der Waals surface area (Å²) in [4.78, 5) is 13.6. The summed E-state index contributed by atoms with van der Waals surface area (Å²) in [6.07, 6.45) is 2.64. The Balaban J connectivity index is 1.89. The predicted octanol–water partition coefficient (Wildman–Crippen LogP) is -0.275. The highest BCUT2D eigenvalue weighted by Gasteiger charge is 2.31. The van der Waals surface area contributed by atoms with Crippen LogP contribution in [-0.2, 0) is 9.53 Å². The summed E-state index contributed by atoms with van der Waals surface area (Å²) in [5, 5.41) is 0. The van der Waals surface area contributed by atoms with E-state index in [0.717, 1.165) is 32.4 Å². The molecule has 2 fully saturated rings. The third-order valence-electron chi connectivity index (χ3n) is 2.74. The summed E-state index contributed by atoms with van der Waals surface area (Å²) in [6, 6.07) is 0.172. The van der Waals surface area contributed by atoms with Crippen LogP contribution in [0.3, 0.4) is 0 Å². The standard InChI is InChI=1S/C9H16N2O2/c10-7-3-4-11(6-7)9(12)8-2-1-5-13-8/h7-8H,1-6,10H2/t7?,8-/m1/s1. The van der Waals surface area contributed by atoms with Gasteiger partial charge in [-0.2, -0.15) is 0 Å². The Bertz CT molecular complexity index is 202. The number of amides is 1. The lowest BCUT2D eigenvalue weighted by Gasteiger charge is -2.19. The average molecular weight is 184 g/mol. The molecule has 2 aliphatic rings. The van der Waals surface area contributed by atoms with E-state index in [1.165, 1.54) is 0 Å². The fourth-order valence-electron chi connectivity index (χ4n) is 1.96. The van der Waals surface area contributed by atoms with Crippen molar-refractivity contribution < 1.29 is 9.53 Å². The van der Waals surface area contributed by atoms with Crippen molar-refractivity contribution >= 4 is 5.91 Å². The second-order valence-electron chi connectivity index (χ2n) is 3.83. The molecule has 74 valence electrons. The minimum atomic E-state index is -0.176. The summed E-state index contributed by atoms with van der Waals surface area (Å²) in [7, 11) is 0. The zero-order chi connectivity index (χ0) is 9.26. The van der Waals surface area contributed by atoms with Gasteiger partial charge in [-0.05, 0) is 19.3 Å². The number of likely N-dealkylation sites (tertiary alicyclic amines) is 1. The summed E-state index contributed by atoms with van der Waals surface area (Å²) < 4.78 is 5.33. The van der Waals surface area contributed by atoms with Gasteiger partial charge in [0.1, 0.15) is 6.10 Å². The molecule has 4 nitrogen and oxygen atoms in total. The maximum absolute atomic E-state index is 11.7. The largest absolute Gasteiger partial charge is 0.368 e. The first-order chi connectivity index (χ1) is 6.27. The number of rotatable bonds is 1. The van der Waals surface area contributed by atoms with Crippen LogP contribution in [0, 0.1) is 0 Å². The van der Waals surface area contributed by atoms with E-state index in [4.69, 9.17) is 10.5 Å². The van der Waals surface area contributed by atoms with Crippen molar-refractivity contribution in [3.63, 3.8) is 0 Å². The smallest absolute Gasteiger partial charge is 0.251 e. The Morgan fingerprint density at radius 2 is 2.31 bits per heavy atom. The maximum Gasteiger partial charge on any atom is 0.251 e. The number of ether oxygens (including phenoxy) is 1. The lowest BCUT2D eigenvalue weighted by atomic mass is 10.2. The van der Waals surface area contributed by atoms with Gasteiger partial charge in [-0.15, -0.1) is 0 Å². The summed E-state index contributed by atoms with van der Waals surface area (Å²) in [5.41, 5.74) is 5.73. The summed E-state index contributed by atoms with van der Waals surface area (Å²) in [6.45, 7) is 2.24. The molecule has 2 rings (SSSR count). The molecule has 0 aliphatic carbocycles. The number of carbonyl (C=O) groups excluding carboxylic acids is 1. The molecular weight excluding hydrogens is 168 g/mol. The van der Waals surface area contributed by atoms with Crippen molar-refractivity contribution in [2.75, 3.05) is 19.7 Å².